The highest BCUT2D eigenvalue weighted by molar-refractivity contribution is 6.25. The van der Waals surface area contributed by atoms with E-state index in [1.54, 1.807) is 0 Å². The first kappa shape index (κ1) is 33.3. The van der Waals surface area contributed by atoms with Crippen molar-refractivity contribution in [2.75, 3.05) is 0 Å². The predicted molar refractivity (Wildman–Crippen MR) is 230 cm³/mol. The maximum Gasteiger partial charge on any atom is 0.172 e. The minimum absolute atomic E-state index is 0.636. The Morgan fingerprint density at radius 1 is 0.446 bits per heavy atom. The molecule has 1 aliphatic rings. The first-order chi connectivity index (χ1) is 27.5. The molecule has 0 N–H and O–H groups in total. The van der Waals surface area contributed by atoms with Crippen molar-refractivity contribution in [3.8, 4) is 56.5 Å². The summed E-state index contributed by atoms with van der Waals surface area (Å²) < 4.78 is 12.9. The molecule has 0 unspecified atom stereocenters. The van der Waals surface area contributed by atoms with Gasteiger partial charge in [0.2, 0.25) is 0 Å². The van der Waals surface area contributed by atoms with Gasteiger partial charge in [0.15, 0.2) is 23.1 Å². The van der Waals surface area contributed by atoms with Gasteiger partial charge in [-0.3, -0.25) is 0 Å². The zero-order valence-electron chi connectivity index (χ0n) is 31.1. The number of aryl methyl sites for hydroxylation is 1. The zero-order valence-corrected chi connectivity index (χ0v) is 31.1. The van der Waals surface area contributed by atoms with Crippen LogP contribution in [0.1, 0.15) is 18.1 Å². The van der Waals surface area contributed by atoms with Gasteiger partial charge in [0.1, 0.15) is 5.76 Å². The van der Waals surface area contributed by atoms with Gasteiger partial charge in [0.05, 0.1) is 11.4 Å². The molecule has 1 aliphatic heterocycles. The topological polar surface area (TPSA) is 44.2 Å². The van der Waals surface area contributed by atoms with Crippen molar-refractivity contribution in [1.82, 2.24) is 9.97 Å². The molecule has 0 saturated carbocycles. The zero-order chi connectivity index (χ0) is 37.8. The van der Waals surface area contributed by atoms with Gasteiger partial charge in [-0.1, -0.05) is 152 Å². The Labute approximate surface area is 325 Å². The van der Waals surface area contributed by atoms with Crippen molar-refractivity contribution in [2.24, 2.45) is 0 Å². The molecule has 0 amide bonds. The van der Waals surface area contributed by atoms with Gasteiger partial charge >= 0.3 is 0 Å². The minimum Gasteiger partial charge on any atom is -0.454 e. The van der Waals surface area contributed by atoms with Crippen LogP contribution in [0.2, 0.25) is 0 Å². The Morgan fingerprint density at radius 2 is 1.04 bits per heavy atom. The number of nitrogens with zero attached hydrogens (tertiary/aromatic N) is 2. The van der Waals surface area contributed by atoms with Gasteiger partial charge < -0.3 is 9.47 Å². The van der Waals surface area contributed by atoms with Crippen LogP contribution in [0, 0.1) is 6.92 Å². The average molecular weight is 721 g/mol. The molecule has 1 aromatic heterocycles. The van der Waals surface area contributed by atoms with E-state index in [0.29, 0.717) is 28.8 Å². The average Bonchev–Trinajstić information content (AvgIpc) is 3.26. The molecule has 2 heterocycles. The molecule has 10 rings (SSSR count). The van der Waals surface area contributed by atoms with Gasteiger partial charge in [-0.2, -0.15) is 0 Å². The number of fused-ring (bicyclic) bond motifs is 7. The fraction of sp³-hybridized carbons (Fsp3) is 0.0385. The quantitative estimate of drug-likeness (QED) is 0.160. The first-order valence-corrected chi connectivity index (χ1v) is 18.8. The summed E-state index contributed by atoms with van der Waals surface area (Å²) in [6.07, 6.45) is 0. The summed E-state index contributed by atoms with van der Waals surface area (Å²) in [5.74, 6) is 3.27. The van der Waals surface area contributed by atoms with Gasteiger partial charge in [0, 0.05) is 22.3 Å². The number of hydrogen-bond acceptors (Lipinski definition) is 4. The Kier molecular flexibility index (Phi) is 8.04. The summed E-state index contributed by atoms with van der Waals surface area (Å²) in [6.45, 7) is 8.37. The molecule has 0 bridgehead atoms. The largest absolute Gasteiger partial charge is 0.454 e. The molecule has 0 radical (unpaired) electrons. The second kappa shape index (κ2) is 13.5. The van der Waals surface area contributed by atoms with Crippen LogP contribution in [0.5, 0.6) is 11.5 Å². The van der Waals surface area contributed by atoms with E-state index in [2.05, 4.69) is 141 Å². The molecular formula is C52H36N2O2. The Balaban J connectivity index is 1.09. The summed E-state index contributed by atoms with van der Waals surface area (Å²) in [5.41, 5.74) is 9.62. The highest BCUT2D eigenvalue weighted by Gasteiger charge is 2.24. The molecule has 0 fully saturated rings. The monoisotopic (exact) mass is 720 g/mol. The second-order valence-electron chi connectivity index (χ2n) is 14.3. The van der Waals surface area contributed by atoms with E-state index in [-0.39, 0.29) is 0 Å². The van der Waals surface area contributed by atoms with Gasteiger partial charge in [0.25, 0.3) is 0 Å². The van der Waals surface area contributed by atoms with Gasteiger partial charge in [-0.15, -0.1) is 0 Å². The van der Waals surface area contributed by atoms with Crippen LogP contribution in [0.15, 0.2) is 188 Å². The Morgan fingerprint density at radius 3 is 1.77 bits per heavy atom. The van der Waals surface area contributed by atoms with Crippen LogP contribution in [-0.4, -0.2) is 9.97 Å². The van der Waals surface area contributed by atoms with E-state index in [0.717, 1.165) is 55.9 Å². The van der Waals surface area contributed by atoms with Gasteiger partial charge in [-0.05, 0) is 92.7 Å². The third-order valence-corrected chi connectivity index (χ3v) is 10.8. The van der Waals surface area contributed by atoms with Crippen molar-refractivity contribution in [3.63, 3.8) is 0 Å². The van der Waals surface area contributed by atoms with E-state index in [4.69, 9.17) is 19.4 Å². The fourth-order valence-corrected chi connectivity index (χ4v) is 8.02. The SMILES string of the molecule is C=C(C1=C(C)Oc2cc(-c3ccccc3-c3cc(-c4ccc5c6ccccc6c6ccccc6c5c4)nc(-c4ccccc4)n3)ccc2O1)c1ccccc1C. The van der Waals surface area contributed by atoms with Crippen LogP contribution in [0.4, 0.5) is 0 Å². The van der Waals surface area contributed by atoms with Crippen LogP contribution < -0.4 is 9.47 Å². The number of benzene rings is 8. The summed E-state index contributed by atoms with van der Waals surface area (Å²) >= 11 is 0. The minimum atomic E-state index is 0.636. The lowest BCUT2D eigenvalue weighted by molar-refractivity contribution is 0.309. The number of rotatable bonds is 6. The summed E-state index contributed by atoms with van der Waals surface area (Å²) in [5, 5.41) is 7.39. The molecule has 9 aromatic rings. The highest BCUT2D eigenvalue weighted by atomic mass is 16.6. The lowest BCUT2D eigenvalue weighted by atomic mass is 9.92. The molecule has 8 aromatic carbocycles. The second-order valence-corrected chi connectivity index (χ2v) is 14.3. The van der Waals surface area contributed by atoms with E-state index in [1.807, 2.05) is 49.4 Å². The van der Waals surface area contributed by atoms with Crippen LogP contribution in [-0.2, 0) is 0 Å². The molecule has 0 aliphatic carbocycles. The van der Waals surface area contributed by atoms with Gasteiger partial charge in [-0.25, -0.2) is 9.97 Å². The summed E-state index contributed by atoms with van der Waals surface area (Å²) in [7, 11) is 0. The molecule has 4 nitrogen and oxygen atoms in total. The molecule has 56 heavy (non-hydrogen) atoms. The summed E-state index contributed by atoms with van der Waals surface area (Å²) in [4.78, 5) is 10.4. The van der Waals surface area contributed by atoms with E-state index in [1.165, 1.54) is 32.3 Å². The normalized spacial score (nSPS) is 12.4. The van der Waals surface area contributed by atoms with Crippen LogP contribution >= 0.6 is 0 Å². The lowest BCUT2D eigenvalue weighted by Crippen LogP contribution is -2.12. The first-order valence-electron chi connectivity index (χ1n) is 18.8. The smallest absolute Gasteiger partial charge is 0.172 e. The third kappa shape index (κ3) is 5.71. The van der Waals surface area contributed by atoms with E-state index < -0.39 is 0 Å². The number of ether oxygens (including phenoxy) is 2. The lowest BCUT2D eigenvalue weighted by Gasteiger charge is -2.24. The number of allylic oxidation sites excluding steroid dienone is 2. The standard InChI is InChI=1S/C52H36N2O2/c1-32-15-7-8-18-38(32)33(2)51-34(3)55-50-30-36(26-28-49(50)56-51)39-19-9-14-24-45(39)48-31-47(53-52(54-48)35-16-5-4-6-17-35)37-25-27-44-42-22-11-10-20-40(42)41-21-12-13-23-43(41)46(44)29-37/h4-31H,2H2,1,3H3. The number of aromatic nitrogens is 2. The predicted octanol–water partition coefficient (Wildman–Crippen LogP) is 13.6. The van der Waals surface area contributed by atoms with Crippen molar-refractivity contribution in [3.05, 3.63) is 199 Å². The Hall–Kier alpha value is -7.30. The molecule has 0 saturated heterocycles. The molecule has 0 spiro atoms. The van der Waals surface area contributed by atoms with E-state index >= 15 is 0 Å². The summed E-state index contributed by atoms with van der Waals surface area (Å²) in [6, 6.07) is 59.0. The highest BCUT2D eigenvalue weighted by Crippen LogP contribution is 2.44. The third-order valence-electron chi connectivity index (χ3n) is 10.8. The molecule has 4 heteroatoms. The Bertz CT molecular complexity index is 3040. The molecular weight excluding hydrogens is 685 g/mol. The van der Waals surface area contributed by atoms with Crippen molar-refractivity contribution < 1.29 is 9.47 Å². The molecule has 0 atom stereocenters. The fourth-order valence-electron chi connectivity index (χ4n) is 8.02. The number of hydrogen-bond donors (Lipinski definition) is 0. The maximum atomic E-state index is 6.47. The van der Waals surface area contributed by atoms with Crippen molar-refractivity contribution in [2.45, 2.75) is 13.8 Å². The van der Waals surface area contributed by atoms with Crippen molar-refractivity contribution in [1.29, 1.82) is 0 Å². The molecule has 266 valence electrons. The van der Waals surface area contributed by atoms with Crippen LogP contribution in [0.3, 0.4) is 0 Å². The van der Waals surface area contributed by atoms with E-state index in [9.17, 15) is 0 Å². The van der Waals surface area contributed by atoms with Crippen LogP contribution in [0.25, 0.3) is 82.9 Å². The maximum absolute atomic E-state index is 6.47. The van der Waals surface area contributed by atoms with Crippen molar-refractivity contribution >= 4 is 37.9 Å².